The number of phenols is 1. The van der Waals surface area contributed by atoms with Gasteiger partial charge in [-0.2, -0.15) is 0 Å². The van der Waals surface area contributed by atoms with E-state index in [4.69, 9.17) is 5.73 Å². The van der Waals surface area contributed by atoms with E-state index < -0.39 is 0 Å². The molecule has 3 rings (SSSR count). The Kier molecular flexibility index (Phi) is 4.26. The van der Waals surface area contributed by atoms with Gasteiger partial charge in [0.15, 0.2) is 0 Å². The minimum atomic E-state index is 0.271. The summed E-state index contributed by atoms with van der Waals surface area (Å²) in [5.41, 5.74) is 8.96. The molecule has 2 heteroatoms. The molecule has 0 heterocycles. The van der Waals surface area contributed by atoms with E-state index in [2.05, 4.69) is 36.4 Å². The first-order chi connectivity index (χ1) is 10.2. The maximum atomic E-state index is 9.61. The van der Waals surface area contributed by atoms with Crippen LogP contribution in [0.2, 0.25) is 0 Å². The van der Waals surface area contributed by atoms with Crippen LogP contribution in [-0.4, -0.2) is 11.1 Å². The smallest absolute Gasteiger partial charge is 0.115 e. The summed E-state index contributed by atoms with van der Waals surface area (Å²) in [6.45, 7) is 0. The molecule has 0 amide bonds. The first-order valence-corrected chi connectivity index (χ1v) is 7.81. The number of hydrogen-bond acceptors (Lipinski definition) is 2. The molecule has 110 valence electrons. The second-order valence-corrected chi connectivity index (χ2v) is 6.22. The van der Waals surface area contributed by atoms with Crippen LogP contribution < -0.4 is 5.73 Å². The molecule has 0 radical (unpaired) electrons. The topological polar surface area (TPSA) is 46.2 Å². The second-order valence-electron chi connectivity index (χ2n) is 6.22. The predicted octanol–water partition coefficient (Wildman–Crippen LogP) is 3.85. The Morgan fingerprint density at radius 2 is 1.81 bits per heavy atom. The molecule has 3 N–H and O–H groups in total. The van der Waals surface area contributed by atoms with E-state index in [-0.39, 0.29) is 6.04 Å². The zero-order valence-corrected chi connectivity index (χ0v) is 12.3. The molecule has 0 aromatic heterocycles. The Bertz CT molecular complexity index is 581. The van der Waals surface area contributed by atoms with Gasteiger partial charge in [-0.1, -0.05) is 42.5 Å². The number of hydrogen-bond donors (Lipinski definition) is 2. The van der Waals surface area contributed by atoms with Crippen LogP contribution in [-0.2, 0) is 6.42 Å². The monoisotopic (exact) mass is 281 g/mol. The number of rotatable bonds is 3. The van der Waals surface area contributed by atoms with Crippen LogP contribution in [0.4, 0.5) is 0 Å². The molecule has 0 aliphatic heterocycles. The lowest BCUT2D eigenvalue weighted by atomic mass is 9.73. The van der Waals surface area contributed by atoms with Crippen molar-refractivity contribution in [1.29, 1.82) is 0 Å². The number of benzene rings is 2. The van der Waals surface area contributed by atoms with Crippen LogP contribution in [0.3, 0.4) is 0 Å². The second kappa shape index (κ2) is 6.31. The summed E-state index contributed by atoms with van der Waals surface area (Å²) in [7, 11) is 0. The Morgan fingerprint density at radius 3 is 2.57 bits per heavy atom. The van der Waals surface area contributed by atoms with Gasteiger partial charge >= 0.3 is 0 Å². The third-order valence-electron chi connectivity index (χ3n) is 4.72. The average molecular weight is 281 g/mol. The molecular formula is C19H23NO. The summed E-state index contributed by atoms with van der Waals surface area (Å²) >= 11 is 0. The van der Waals surface area contributed by atoms with Crippen molar-refractivity contribution in [1.82, 2.24) is 0 Å². The van der Waals surface area contributed by atoms with Crippen molar-refractivity contribution in [3.8, 4) is 5.75 Å². The minimum Gasteiger partial charge on any atom is -0.508 e. The predicted molar refractivity (Wildman–Crippen MR) is 86.3 cm³/mol. The third-order valence-corrected chi connectivity index (χ3v) is 4.72. The molecule has 0 bridgehead atoms. The van der Waals surface area contributed by atoms with Gasteiger partial charge in [0.1, 0.15) is 5.75 Å². The van der Waals surface area contributed by atoms with E-state index in [1.807, 2.05) is 12.1 Å². The van der Waals surface area contributed by atoms with E-state index in [1.54, 1.807) is 6.07 Å². The summed E-state index contributed by atoms with van der Waals surface area (Å²) in [6.07, 6.45) is 4.37. The molecule has 1 saturated carbocycles. The van der Waals surface area contributed by atoms with Crippen molar-refractivity contribution in [3.05, 3.63) is 65.7 Å². The third kappa shape index (κ3) is 3.45. The van der Waals surface area contributed by atoms with Crippen LogP contribution in [0, 0.1) is 5.92 Å². The molecule has 1 aliphatic rings. The first kappa shape index (κ1) is 14.2. The summed E-state index contributed by atoms with van der Waals surface area (Å²) in [4.78, 5) is 0. The average Bonchev–Trinajstić information content (AvgIpc) is 2.50. The maximum Gasteiger partial charge on any atom is 0.115 e. The maximum absolute atomic E-state index is 9.61. The van der Waals surface area contributed by atoms with Gasteiger partial charge in [0, 0.05) is 6.04 Å². The lowest BCUT2D eigenvalue weighted by Gasteiger charge is -2.34. The lowest BCUT2D eigenvalue weighted by Crippen LogP contribution is -2.36. The Hall–Kier alpha value is -1.80. The first-order valence-electron chi connectivity index (χ1n) is 7.81. The Labute approximate surface area is 126 Å². The molecule has 3 atom stereocenters. The van der Waals surface area contributed by atoms with Gasteiger partial charge in [-0.25, -0.2) is 0 Å². The van der Waals surface area contributed by atoms with Gasteiger partial charge in [0.05, 0.1) is 0 Å². The molecule has 2 nitrogen and oxygen atoms in total. The van der Waals surface area contributed by atoms with Crippen molar-refractivity contribution in [3.63, 3.8) is 0 Å². The molecule has 1 aliphatic carbocycles. The van der Waals surface area contributed by atoms with Crippen LogP contribution in [0.25, 0.3) is 0 Å². The molecule has 0 saturated heterocycles. The van der Waals surface area contributed by atoms with Gasteiger partial charge in [0.25, 0.3) is 0 Å². The van der Waals surface area contributed by atoms with Gasteiger partial charge in [-0.3, -0.25) is 0 Å². The van der Waals surface area contributed by atoms with Crippen molar-refractivity contribution in [2.24, 2.45) is 11.7 Å². The molecule has 21 heavy (non-hydrogen) atoms. The Morgan fingerprint density at radius 1 is 1.00 bits per heavy atom. The lowest BCUT2D eigenvalue weighted by molar-refractivity contribution is 0.277. The highest BCUT2D eigenvalue weighted by Crippen LogP contribution is 2.37. The zero-order valence-electron chi connectivity index (χ0n) is 12.3. The quantitative estimate of drug-likeness (QED) is 0.897. The van der Waals surface area contributed by atoms with Crippen LogP contribution in [0.5, 0.6) is 5.75 Å². The zero-order chi connectivity index (χ0) is 14.7. The van der Waals surface area contributed by atoms with Crippen molar-refractivity contribution in [2.75, 3.05) is 0 Å². The van der Waals surface area contributed by atoms with Gasteiger partial charge in [0.2, 0.25) is 0 Å². The highest BCUT2D eigenvalue weighted by atomic mass is 16.3. The van der Waals surface area contributed by atoms with Crippen molar-refractivity contribution >= 4 is 0 Å². The number of phenolic OH excluding ortho intramolecular Hbond substituents is 1. The highest BCUT2D eigenvalue weighted by Gasteiger charge is 2.29. The number of aromatic hydroxyl groups is 1. The van der Waals surface area contributed by atoms with Gasteiger partial charge in [-0.05, 0) is 60.8 Å². The van der Waals surface area contributed by atoms with E-state index in [9.17, 15) is 5.11 Å². The highest BCUT2D eigenvalue weighted by molar-refractivity contribution is 5.28. The largest absolute Gasteiger partial charge is 0.508 e. The molecule has 2 aromatic carbocycles. The fraction of sp³-hybridized carbons (Fsp3) is 0.368. The summed E-state index contributed by atoms with van der Waals surface area (Å²) in [5, 5.41) is 9.61. The van der Waals surface area contributed by atoms with Gasteiger partial charge < -0.3 is 10.8 Å². The SMILES string of the molecule is NC1CCC(c2ccccc2)CC1Cc1cccc(O)c1. The number of nitrogens with two attached hydrogens (primary N) is 1. The summed E-state index contributed by atoms with van der Waals surface area (Å²) in [6, 6.07) is 18.6. The molecular weight excluding hydrogens is 258 g/mol. The van der Waals surface area contributed by atoms with E-state index in [0.717, 1.165) is 19.3 Å². The molecule has 0 spiro atoms. The van der Waals surface area contributed by atoms with Crippen molar-refractivity contribution < 1.29 is 5.11 Å². The van der Waals surface area contributed by atoms with Gasteiger partial charge in [-0.15, -0.1) is 0 Å². The van der Waals surface area contributed by atoms with E-state index in [0.29, 0.717) is 17.6 Å². The van der Waals surface area contributed by atoms with E-state index >= 15 is 0 Å². The fourth-order valence-corrected chi connectivity index (χ4v) is 3.54. The summed E-state index contributed by atoms with van der Waals surface area (Å²) < 4.78 is 0. The van der Waals surface area contributed by atoms with E-state index in [1.165, 1.54) is 17.5 Å². The van der Waals surface area contributed by atoms with Crippen LogP contribution in [0.1, 0.15) is 36.3 Å². The molecule has 3 unspecified atom stereocenters. The standard InChI is InChI=1S/C19H23NO/c20-19-10-9-16(15-6-2-1-3-7-15)13-17(19)11-14-5-4-8-18(21)12-14/h1-8,12,16-17,19,21H,9-11,13,20H2. The molecule has 1 fully saturated rings. The normalized spacial score (nSPS) is 25.7. The Balaban J connectivity index is 1.72. The summed E-state index contributed by atoms with van der Waals surface area (Å²) in [5.74, 6) is 1.45. The molecule has 2 aromatic rings. The van der Waals surface area contributed by atoms with Crippen LogP contribution in [0.15, 0.2) is 54.6 Å². The van der Waals surface area contributed by atoms with Crippen molar-refractivity contribution in [2.45, 2.75) is 37.6 Å². The fourth-order valence-electron chi connectivity index (χ4n) is 3.54. The minimum absolute atomic E-state index is 0.271. The van der Waals surface area contributed by atoms with Crippen LogP contribution >= 0.6 is 0 Å².